The zero-order chi connectivity index (χ0) is 13.8. The summed E-state index contributed by atoms with van der Waals surface area (Å²) in [5.41, 5.74) is 0.274. The van der Waals surface area contributed by atoms with E-state index in [4.69, 9.17) is 4.74 Å². The molecule has 1 saturated heterocycles. The molecule has 1 fully saturated rings. The van der Waals surface area contributed by atoms with Gasteiger partial charge < -0.3 is 4.74 Å². The average Bonchev–Trinajstić information content (AvgIpc) is 2.83. The van der Waals surface area contributed by atoms with Crippen molar-refractivity contribution in [2.24, 2.45) is 0 Å². The molecule has 0 amide bonds. The molecule has 0 bridgehead atoms. The number of carbonyl (C=O) groups is 1. The topological polar surface area (TPSA) is 29.5 Å². The Kier molecular flexibility index (Phi) is 4.47. The van der Waals surface area contributed by atoms with Gasteiger partial charge in [-0.1, -0.05) is 12.1 Å². The lowest BCUT2D eigenvalue weighted by Crippen LogP contribution is -2.37. The fraction of sp³-hybridized carbons (Fsp3) is 0.500. The Morgan fingerprint density at radius 3 is 3.00 bits per heavy atom. The molecule has 1 aromatic rings. The standard InChI is InChI=1S/C14H17F2NO2/c1-2-19-14(18)12-7-4-8-17(12)9-10-5-3-6-11(15)13(10)16/h3,5-6,12H,2,4,7-9H2,1H3. The fourth-order valence-corrected chi connectivity index (χ4v) is 2.41. The van der Waals surface area contributed by atoms with Crippen LogP contribution in [0.3, 0.4) is 0 Å². The first-order valence-corrected chi connectivity index (χ1v) is 6.47. The van der Waals surface area contributed by atoms with E-state index in [1.807, 2.05) is 4.90 Å². The maximum Gasteiger partial charge on any atom is 0.323 e. The molecule has 0 aromatic heterocycles. The highest BCUT2D eigenvalue weighted by Gasteiger charge is 2.32. The number of esters is 1. The zero-order valence-electron chi connectivity index (χ0n) is 10.9. The Morgan fingerprint density at radius 2 is 2.26 bits per heavy atom. The van der Waals surface area contributed by atoms with Crippen LogP contribution in [0.2, 0.25) is 0 Å². The third-order valence-electron chi connectivity index (χ3n) is 3.33. The lowest BCUT2D eigenvalue weighted by atomic mass is 10.1. The highest BCUT2D eigenvalue weighted by molar-refractivity contribution is 5.76. The van der Waals surface area contributed by atoms with Crippen molar-refractivity contribution in [2.45, 2.75) is 32.4 Å². The second kappa shape index (κ2) is 6.10. The van der Waals surface area contributed by atoms with Crippen LogP contribution in [0.25, 0.3) is 0 Å². The van der Waals surface area contributed by atoms with Gasteiger partial charge >= 0.3 is 5.97 Å². The largest absolute Gasteiger partial charge is 0.465 e. The van der Waals surface area contributed by atoms with Crippen LogP contribution in [0.5, 0.6) is 0 Å². The lowest BCUT2D eigenvalue weighted by molar-refractivity contribution is -0.148. The number of nitrogens with zero attached hydrogens (tertiary/aromatic N) is 1. The van der Waals surface area contributed by atoms with Crippen molar-refractivity contribution in [3.05, 3.63) is 35.4 Å². The summed E-state index contributed by atoms with van der Waals surface area (Å²) in [7, 11) is 0. The Morgan fingerprint density at radius 1 is 1.47 bits per heavy atom. The molecule has 0 aliphatic carbocycles. The second-order valence-corrected chi connectivity index (χ2v) is 4.59. The molecule has 104 valence electrons. The summed E-state index contributed by atoms with van der Waals surface area (Å²) in [6.07, 6.45) is 1.57. The number of benzene rings is 1. The summed E-state index contributed by atoms with van der Waals surface area (Å²) in [4.78, 5) is 13.6. The van der Waals surface area contributed by atoms with Crippen molar-refractivity contribution < 1.29 is 18.3 Å². The smallest absolute Gasteiger partial charge is 0.323 e. The van der Waals surface area contributed by atoms with Crippen LogP contribution in [0.4, 0.5) is 8.78 Å². The van der Waals surface area contributed by atoms with Crippen LogP contribution < -0.4 is 0 Å². The van der Waals surface area contributed by atoms with Crippen molar-refractivity contribution in [3.63, 3.8) is 0 Å². The summed E-state index contributed by atoms with van der Waals surface area (Å²) in [5.74, 6) is -1.97. The predicted molar refractivity (Wildman–Crippen MR) is 66.4 cm³/mol. The average molecular weight is 269 g/mol. The third-order valence-corrected chi connectivity index (χ3v) is 3.33. The molecule has 0 spiro atoms. The van der Waals surface area contributed by atoms with Crippen molar-refractivity contribution in [2.75, 3.05) is 13.2 Å². The third kappa shape index (κ3) is 3.10. The zero-order valence-corrected chi connectivity index (χ0v) is 10.9. The van der Waals surface area contributed by atoms with E-state index in [-0.39, 0.29) is 24.1 Å². The molecular weight excluding hydrogens is 252 g/mol. The summed E-state index contributed by atoms with van der Waals surface area (Å²) in [5, 5.41) is 0. The molecule has 1 atom stereocenters. The van der Waals surface area contributed by atoms with Gasteiger partial charge in [0, 0.05) is 12.1 Å². The SMILES string of the molecule is CCOC(=O)C1CCCN1Cc1cccc(F)c1F. The van der Waals surface area contributed by atoms with Gasteiger partial charge in [-0.3, -0.25) is 9.69 Å². The Bertz CT molecular complexity index is 465. The van der Waals surface area contributed by atoms with E-state index in [2.05, 4.69) is 0 Å². The van der Waals surface area contributed by atoms with Gasteiger partial charge in [0.15, 0.2) is 11.6 Å². The molecule has 1 aliphatic heterocycles. The van der Waals surface area contributed by atoms with E-state index >= 15 is 0 Å². The molecule has 3 nitrogen and oxygen atoms in total. The number of hydrogen-bond acceptors (Lipinski definition) is 3. The quantitative estimate of drug-likeness (QED) is 0.786. The minimum atomic E-state index is -0.857. The molecule has 0 radical (unpaired) electrons. The van der Waals surface area contributed by atoms with Gasteiger partial charge in [-0.25, -0.2) is 8.78 Å². The van der Waals surface area contributed by atoms with Crippen LogP contribution >= 0.6 is 0 Å². The van der Waals surface area contributed by atoms with Gasteiger partial charge in [-0.2, -0.15) is 0 Å². The Hall–Kier alpha value is -1.49. The summed E-state index contributed by atoms with van der Waals surface area (Å²) in [6.45, 7) is 3.01. The van der Waals surface area contributed by atoms with Gasteiger partial charge in [0.2, 0.25) is 0 Å². The molecule has 1 aliphatic rings. The van der Waals surface area contributed by atoms with Gasteiger partial charge in [0.25, 0.3) is 0 Å². The molecule has 0 saturated carbocycles. The number of ether oxygens (including phenoxy) is 1. The molecule has 1 unspecified atom stereocenters. The highest BCUT2D eigenvalue weighted by atomic mass is 19.2. The van der Waals surface area contributed by atoms with E-state index in [0.29, 0.717) is 19.6 Å². The molecule has 1 aromatic carbocycles. The van der Waals surface area contributed by atoms with Gasteiger partial charge in [0.05, 0.1) is 6.61 Å². The van der Waals surface area contributed by atoms with Gasteiger partial charge in [0.1, 0.15) is 6.04 Å². The normalized spacial score (nSPS) is 19.6. The maximum absolute atomic E-state index is 13.6. The van der Waals surface area contributed by atoms with E-state index in [0.717, 1.165) is 12.5 Å². The second-order valence-electron chi connectivity index (χ2n) is 4.59. The van der Waals surface area contributed by atoms with Crippen molar-refractivity contribution in [3.8, 4) is 0 Å². The molecule has 0 N–H and O–H groups in total. The minimum Gasteiger partial charge on any atom is -0.465 e. The first-order valence-electron chi connectivity index (χ1n) is 6.47. The monoisotopic (exact) mass is 269 g/mol. The van der Waals surface area contributed by atoms with Crippen LogP contribution in [-0.4, -0.2) is 30.1 Å². The van der Waals surface area contributed by atoms with E-state index in [9.17, 15) is 13.6 Å². The molecule has 1 heterocycles. The molecule has 5 heteroatoms. The Balaban J connectivity index is 2.09. The molecule has 2 rings (SSSR count). The number of likely N-dealkylation sites (tertiary alicyclic amines) is 1. The maximum atomic E-state index is 13.6. The predicted octanol–water partition coefficient (Wildman–Crippen LogP) is 2.49. The number of rotatable bonds is 4. The summed E-state index contributed by atoms with van der Waals surface area (Å²) in [6, 6.07) is 3.76. The summed E-state index contributed by atoms with van der Waals surface area (Å²) >= 11 is 0. The number of hydrogen-bond donors (Lipinski definition) is 0. The van der Waals surface area contributed by atoms with Crippen molar-refractivity contribution in [1.29, 1.82) is 0 Å². The van der Waals surface area contributed by atoms with Crippen LogP contribution in [0, 0.1) is 11.6 Å². The van der Waals surface area contributed by atoms with Crippen molar-refractivity contribution in [1.82, 2.24) is 4.90 Å². The minimum absolute atomic E-state index is 0.229. The number of halogens is 2. The molecular formula is C14H17F2NO2. The molecule has 19 heavy (non-hydrogen) atoms. The van der Waals surface area contributed by atoms with Gasteiger partial charge in [-0.15, -0.1) is 0 Å². The van der Waals surface area contributed by atoms with E-state index in [1.165, 1.54) is 6.07 Å². The lowest BCUT2D eigenvalue weighted by Gasteiger charge is -2.23. The van der Waals surface area contributed by atoms with E-state index in [1.54, 1.807) is 13.0 Å². The Labute approximate surface area is 111 Å². The number of carbonyl (C=O) groups excluding carboxylic acids is 1. The van der Waals surface area contributed by atoms with E-state index < -0.39 is 11.6 Å². The summed E-state index contributed by atoms with van der Waals surface area (Å²) < 4.78 is 31.8. The van der Waals surface area contributed by atoms with Crippen LogP contribution in [-0.2, 0) is 16.1 Å². The van der Waals surface area contributed by atoms with Gasteiger partial charge in [-0.05, 0) is 32.4 Å². The fourth-order valence-electron chi connectivity index (χ4n) is 2.41. The first kappa shape index (κ1) is 13.9. The highest BCUT2D eigenvalue weighted by Crippen LogP contribution is 2.23. The van der Waals surface area contributed by atoms with Crippen LogP contribution in [0.15, 0.2) is 18.2 Å². The first-order chi connectivity index (χ1) is 9.13. The van der Waals surface area contributed by atoms with Crippen LogP contribution in [0.1, 0.15) is 25.3 Å². The van der Waals surface area contributed by atoms with Crippen molar-refractivity contribution >= 4 is 5.97 Å².